The predicted molar refractivity (Wildman–Crippen MR) is 51.1 cm³/mol. The van der Waals surface area contributed by atoms with E-state index in [1.54, 1.807) is 0 Å². The quantitative estimate of drug-likeness (QED) is 0.672. The standard InChI is InChI=1S/C10H21NO/c1-8(2)10-7-9(4-6-12)3-5-11-10/h8-12H,3-7H2,1-2H3/t9-,10+/m0/s1. The zero-order valence-corrected chi connectivity index (χ0v) is 8.21. The summed E-state index contributed by atoms with van der Waals surface area (Å²) in [7, 11) is 0. The molecule has 0 radical (unpaired) electrons. The summed E-state index contributed by atoms with van der Waals surface area (Å²) in [6.45, 7) is 6.01. The molecule has 0 unspecified atom stereocenters. The first-order chi connectivity index (χ1) is 5.74. The monoisotopic (exact) mass is 171 g/mol. The second-order valence-corrected chi connectivity index (χ2v) is 4.21. The average molecular weight is 171 g/mol. The van der Waals surface area contributed by atoms with Gasteiger partial charge in [-0.3, -0.25) is 0 Å². The Labute approximate surface area is 75.4 Å². The van der Waals surface area contributed by atoms with Crippen molar-refractivity contribution in [2.24, 2.45) is 11.8 Å². The smallest absolute Gasteiger partial charge is 0.0433 e. The van der Waals surface area contributed by atoms with E-state index in [0.717, 1.165) is 24.8 Å². The van der Waals surface area contributed by atoms with Crippen LogP contribution in [0.3, 0.4) is 0 Å². The molecule has 1 fully saturated rings. The first-order valence-electron chi connectivity index (χ1n) is 5.08. The summed E-state index contributed by atoms with van der Waals surface area (Å²) in [6, 6.07) is 0.676. The third-order valence-electron chi connectivity index (χ3n) is 2.89. The molecule has 1 rings (SSSR count). The van der Waals surface area contributed by atoms with Gasteiger partial charge in [-0.25, -0.2) is 0 Å². The first-order valence-corrected chi connectivity index (χ1v) is 5.08. The maximum atomic E-state index is 8.82. The summed E-state index contributed by atoms with van der Waals surface area (Å²) in [4.78, 5) is 0. The van der Waals surface area contributed by atoms with Crippen LogP contribution in [0.15, 0.2) is 0 Å². The van der Waals surface area contributed by atoms with E-state index in [1.807, 2.05) is 0 Å². The molecule has 0 spiro atoms. The molecule has 0 aromatic carbocycles. The van der Waals surface area contributed by atoms with Gasteiger partial charge in [-0.15, -0.1) is 0 Å². The molecule has 2 heteroatoms. The molecule has 2 N–H and O–H groups in total. The molecular formula is C10H21NO. The highest BCUT2D eigenvalue weighted by molar-refractivity contribution is 4.80. The Hall–Kier alpha value is -0.0800. The van der Waals surface area contributed by atoms with Crippen LogP contribution in [0.25, 0.3) is 0 Å². The minimum Gasteiger partial charge on any atom is -0.396 e. The van der Waals surface area contributed by atoms with Gasteiger partial charge in [0.2, 0.25) is 0 Å². The van der Waals surface area contributed by atoms with Crippen LogP contribution in [0.2, 0.25) is 0 Å². The van der Waals surface area contributed by atoms with E-state index in [-0.39, 0.29) is 0 Å². The molecule has 2 nitrogen and oxygen atoms in total. The van der Waals surface area contributed by atoms with Crippen LogP contribution in [0, 0.1) is 11.8 Å². The lowest BCUT2D eigenvalue weighted by Crippen LogP contribution is -2.41. The van der Waals surface area contributed by atoms with Gasteiger partial charge in [0.25, 0.3) is 0 Å². The molecule has 0 aliphatic carbocycles. The largest absolute Gasteiger partial charge is 0.396 e. The number of piperidine rings is 1. The average Bonchev–Trinajstić information content (AvgIpc) is 2.05. The Morgan fingerprint density at radius 1 is 1.50 bits per heavy atom. The van der Waals surface area contributed by atoms with Crippen molar-refractivity contribution in [3.05, 3.63) is 0 Å². The molecule has 12 heavy (non-hydrogen) atoms. The van der Waals surface area contributed by atoms with Crippen molar-refractivity contribution in [2.45, 2.75) is 39.2 Å². The van der Waals surface area contributed by atoms with E-state index in [4.69, 9.17) is 5.11 Å². The van der Waals surface area contributed by atoms with E-state index in [1.165, 1.54) is 12.8 Å². The van der Waals surface area contributed by atoms with Gasteiger partial charge in [0.15, 0.2) is 0 Å². The topological polar surface area (TPSA) is 32.3 Å². The zero-order chi connectivity index (χ0) is 8.97. The highest BCUT2D eigenvalue weighted by atomic mass is 16.3. The van der Waals surface area contributed by atoms with Crippen molar-refractivity contribution in [3.8, 4) is 0 Å². The van der Waals surface area contributed by atoms with E-state index in [0.29, 0.717) is 12.6 Å². The fraction of sp³-hybridized carbons (Fsp3) is 1.00. The molecule has 0 bridgehead atoms. The van der Waals surface area contributed by atoms with Crippen LogP contribution < -0.4 is 5.32 Å². The lowest BCUT2D eigenvalue weighted by molar-refractivity contribution is 0.198. The van der Waals surface area contributed by atoms with Crippen molar-refractivity contribution in [2.75, 3.05) is 13.2 Å². The van der Waals surface area contributed by atoms with Crippen LogP contribution in [0.1, 0.15) is 33.1 Å². The number of rotatable bonds is 3. The lowest BCUT2D eigenvalue weighted by atomic mass is 9.85. The molecule has 72 valence electrons. The normalized spacial score (nSPS) is 31.0. The second-order valence-electron chi connectivity index (χ2n) is 4.21. The summed E-state index contributed by atoms with van der Waals surface area (Å²) in [5, 5.41) is 12.3. The van der Waals surface area contributed by atoms with Crippen LogP contribution >= 0.6 is 0 Å². The van der Waals surface area contributed by atoms with Crippen molar-refractivity contribution in [1.29, 1.82) is 0 Å². The summed E-state index contributed by atoms with van der Waals surface area (Å²) < 4.78 is 0. The van der Waals surface area contributed by atoms with Crippen LogP contribution in [0.4, 0.5) is 0 Å². The van der Waals surface area contributed by atoms with Gasteiger partial charge < -0.3 is 10.4 Å². The summed E-state index contributed by atoms with van der Waals surface area (Å²) >= 11 is 0. The second kappa shape index (κ2) is 4.83. The van der Waals surface area contributed by atoms with Gasteiger partial charge in [-0.05, 0) is 37.6 Å². The van der Waals surface area contributed by atoms with E-state index in [9.17, 15) is 0 Å². The molecule has 1 saturated heterocycles. The van der Waals surface area contributed by atoms with Gasteiger partial charge in [-0.1, -0.05) is 13.8 Å². The van der Waals surface area contributed by atoms with Crippen molar-refractivity contribution in [3.63, 3.8) is 0 Å². The molecular weight excluding hydrogens is 150 g/mol. The van der Waals surface area contributed by atoms with E-state index in [2.05, 4.69) is 19.2 Å². The minimum absolute atomic E-state index is 0.357. The fourth-order valence-corrected chi connectivity index (χ4v) is 1.99. The van der Waals surface area contributed by atoms with Gasteiger partial charge >= 0.3 is 0 Å². The van der Waals surface area contributed by atoms with Crippen molar-refractivity contribution in [1.82, 2.24) is 5.32 Å². The highest BCUT2D eigenvalue weighted by Gasteiger charge is 2.22. The minimum atomic E-state index is 0.357. The lowest BCUT2D eigenvalue weighted by Gasteiger charge is -2.32. The Kier molecular flexibility index (Phi) is 4.02. The molecule has 1 aliphatic heterocycles. The summed E-state index contributed by atoms with van der Waals surface area (Å²) in [6.07, 6.45) is 3.48. The molecule has 2 atom stereocenters. The Balaban J connectivity index is 2.30. The molecule has 0 aromatic rings. The van der Waals surface area contributed by atoms with E-state index < -0.39 is 0 Å². The van der Waals surface area contributed by atoms with Crippen LogP contribution in [0.5, 0.6) is 0 Å². The zero-order valence-electron chi connectivity index (χ0n) is 8.21. The van der Waals surface area contributed by atoms with Crippen LogP contribution in [-0.4, -0.2) is 24.3 Å². The number of aliphatic hydroxyl groups excluding tert-OH is 1. The molecule has 0 aromatic heterocycles. The molecule has 1 heterocycles. The first kappa shape index (κ1) is 10.0. The predicted octanol–water partition coefficient (Wildman–Crippen LogP) is 1.39. The Morgan fingerprint density at radius 2 is 2.25 bits per heavy atom. The number of hydrogen-bond acceptors (Lipinski definition) is 2. The van der Waals surface area contributed by atoms with E-state index >= 15 is 0 Å². The maximum absolute atomic E-state index is 8.82. The molecule has 0 amide bonds. The summed E-state index contributed by atoms with van der Waals surface area (Å²) in [5.41, 5.74) is 0. The molecule has 0 saturated carbocycles. The van der Waals surface area contributed by atoms with Gasteiger partial charge in [0, 0.05) is 12.6 Å². The van der Waals surface area contributed by atoms with Gasteiger partial charge in [0.05, 0.1) is 0 Å². The number of aliphatic hydroxyl groups is 1. The fourth-order valence-electron chi connectivity index (χ4n) is 1.99. The number of nitrogens with one attached hydrogen (secondary N) is 1. The third-order valence-corrected chi connectivity index (χ3v) is 2.89. The highest BCUT2D eigenvalue weighted by Crippen LogP contribution is 2.22. The SMILES string of the molecule is CC(C)[C@H]1C[C@H](CCO)CCN1. The Morgan fingerprint density at radius 3 is 2.83 bits per heavy atom. The van der Waals surface area contributed by atoms with Crippen molar-refractivity contribution >= 4 is 0 Å². The Bertz CT molecular complexity index is 123. The number of hydrogen-bond donors (Lipinski definition) is 2. The third kappa shape index (κ3) is 2.76. The van der Waals surface area contributed by atoms with Gasteiger partial charge in [-0.2, -0.15) is 0 Å². The summed E-state index contributed by atoms with van der Waals surface area (Å²) in [5.74, 6) is 1.48. The maximum Gasteiger partial charge on any atom is 0.0433 e. The van der Waals surface area contributed by atoms with Gasteiger partial charge in [0.1, 0.15) is 0 Å². The molecule has 1 aliphatic rings. The van der Waals surface area contributed by atoms with Crippen molar-refractivity contribution < 1.29 is 5.11 Å². The van der Waals surface area contributed by atoms with Crippen LogP contribution in [-0.2, 0) is 0 Å².